The van der Waals surface area contributed by atoms with Gasteiger partial charge in [0.15, 0.2) is 0 Å². The highest BCUT2D eigenvalue weighted by molar-refractivity contribution is 7.87. The number of benzene rings is 1. The molecule has 25 heavy (non-hydrogen) atoms. The zero-order valence-corrected chi connectivity index (χ0v) is 15.7. The predicted octanol–water partition coefficient (Wildman–Crippen LogP) is 2.06. The minimum Gasteiger partial charge on any atom is -0.497 e. The summed E-state index contributed by atoms with van der Waals surface area (Å²) in [6, 6.07) is 7.95. The number of hydrogen-bond donors (Lipinski definition) is 1. The van der Waals surface area contributed by atoms with Crippen molar-refractivity contribution in [2.75, 3.05) is 40.0 Å². The van der Waals surface area contributed by atoms with E-state index in [1.807, 2.05) is 24.3 Å². The van der Waals surface area contributed by atoms with Crippen LogP contribution in [0.2, 0.25) is 0 Å². The van der Waals surface area contributed by atoms with Gasteiger partial charge in [-0.1, -0.05) is 18.6 Å². The number of methoxy groups -OCH3 is 1. The molecule has 2 saturated heterocycles. The van der Waals surface area contributed by atoms with E-state index in [-0.39, 0.29) is 5.41 Å². The largest absolute Gasteiger partial charge is 0.497 e. The van der Waals surface area contributed by atoms with E-state index in [4.69, 9.17) is 9.47 Å². The van der Waals surface area contributed by atoms with Gasteiger partial charge in [0.25, 0.3) is 10.2 Å². The van der Waals surface area contributed by atoms with Crippen molar-refractivity contribution in [2.24, 2.45) is 0 Å². The number of nitrogens with one attached hydrogen (secondary N) is 1. The van der Waals surface area contributed by atoms with Gasteiger partial charge < -0.3 is 9.47 Å². The molecule has 0 unspecified atom stereocenters. The van der Waals surface area contributed by atoms with Crippen LogP contribution in [-0.2, 0) is 20.4 Å². The summed E-state index contributed by atoms with van der Waals surface area (Å²) in [7, 11) is -1.78. The van der Waals surface area contributed by atoms with E-state index in [2.05, 4.69) is 4.72 Å². The lowest BCUT2D eigenvalue weighted by Gasteiger charge is -2.38. The molecule has 2 fully saturated rings. The summed E-state index contributed by atoms with van der Waals surface area (Å²) in [5, 5.41) is 0. The zero-order valence-electron chi connectivity index (χ0n) is 14.9. The Morgan fingerprint density at radius 1 is 1.12 bits per heavy atom. The lowest BCUT2D eigenvalue weighted by Crippen LogP contribution is -2.49. The highest BCUT2D eigenvalue weighted by atomic mass is 32.2. The van der Waals surface area contributed by atoms with Crippen LogP contribution in [0.1, 0.15) is 37.7 Å². The second-order valence-corrected chi connectivity index (χ2v) is 8.66. The van der Waals surface area contributed by atoms with Gasteiger partial charge in [0.05, 0.1) is 7.11 Å². The first-order chi connectivity index (χ1) is 12.1. The average molecular weight is 368 g/mol. The smallest absolute Gasteiger partial charge is 0.279 e. The molecule has 140 valence electrons. The minimum atomic E-state index is -3.42. The summed E-state index contributed by atoms with van der Waals surface area (Å²) in [5.41, 5.74) is 0.908. The molecular formula is C18H28N2O4S. The molecule has 0 radical (unpaired) electrons. The van der Waals surface area contributed by atoms with E-state index in [1.165, 1.54) is 0 Å². The molecule has 0 aliphatic carbocycles. The van der Waals surface area contributed by atoms with Crippen LogP contribution < -0.4 is 9.46 Å². The van der Waals surface area contributed by atoms with Gasteiger partial charge >= 0.3 is 0 Å². The van der Waals surface area contributed by atoms with Gasteiger partial charge in [-0.05, 0) is 43.4 Å². The Balaban J connectivity index is 1.76. The van der Waals surface area contributed by atoms with Crippen LogP contribution in [0, 0.1) is 0 Å². The molecule has 7 heteroatoms. The number of rotatable bonds is 6. The van der Waals surface area contributed by atoms with Crippen LogP contribution in [0.25, 0.3) is 0 Å². The predicted molar refractivity (Wildman–Crippen MR) is 97.1 cm³/mol. The molecule has 0 spiro atoms. The third kappa shape index (κ3) is 4.34. The Morgan fingerprint density at radius 2 is 1.76 bits per heavy atom. The molecule has 2 aliphatic rings. The van der Waals surface area contributed by atoms with E-state index in [0.29, 0.717) is 32.8 Å². The van der Waals surface area contributed by atoms with Gasteiger partial charge in [-0.15, -0.1) is 0 Å². The Morgan fingerprint density at radius 3 is 2.36 bits per heavy atom. The monoisotopic (exact) mass is 368 g/mol. The number of piperidine rings is 1. The molecule has 0 aromatic heterocycles. The van der Waals surface area contributed by atoms with Crippen molar-refractivity contribution in [1.82, 2.24) is 9.03 Å². The van der Waals surface area contributed by atoms with Gasteiger partial charge in [0, 0.05) is 38.3 Å². The van der Waals surface area contributed by atoms with E-state index in [0.717, 1.165) is 43.4 Å². The highest BCUT2D eigenvalue weighted by Gasteiger charge is 2.36. The normalized spacial score (nSPS) is 21.8. The summed E-state index contributed by atoms with van der Waals surface area (Å²) < 4.78 is 40.6. The van der Waals surface area contributed by atoms with Crippen molar-refractivity contribution in [3.63, 3.8) is 0 Å². The zero-order chi connectivity index (χ0) is 17.8. The first kappa shape index (κ1) is 18.6. The van der Waals surface area contributed by atoms with Gasteiger partial charge in [-0.3, -0.25) is 0 Å². The number of hydrogen-bond acceptors (Lipinski definition) is 4. The second kappa shape index (κ2) is 8.03. The van der Waals surface area contributed by atoms with Crippen molar-refractivity contribution < 1.29 is 17.9 Å². The fraction of sp³-hybridized carbons (Fsp3) is 0.667. The standard InChI is InChI=1S/C18H28N2O4S/c1-23-17-7-5-16(6-8-17)18(9-13-24-14-10-18)15-19-25(21,22)20-11-3-2-4-12-20/h5-8,19H,2-4,9-15H2,1H3. The minimum absolute atomic E-state index is 0.229. The van der Waals surface area contributed by atoms with Gasteiger partial charge in [0.1, 0.15) is 5.75 Å². The fourth-order valence-corrected chi connectivity index (χ4v) is 5.08. The molecule has 3 rings (SSSR count). The highest BCUT2D eigenvalue weighted by Crippen LogP contribution is 2.35. The van der Waals surface area contributed by atoms with E-state index in [9.17, 15) is 8.42 Å². The van der Waals surface area contributed by atoms with Crippen molar-refractivity contribution in [2.45, 2.75) is 37.5 Å². The Kier molecular flexibility index (Phi) is 5.99. The molecule has 1 aromatic rings. The van der Waals surface area contributed by atoms with Crippen molar-refractivity contribution in [3.05, 3.63) is 29.8 Å². The number of ether oxygens (including phenoxy) is 2. The van der Waals surface area contributed by atoms with E-state index in [1.54, 1.807) is 11.4 Å². The van der Waals surface area contributed by atoms with Gasteiger partial charge in [0.2, 0.25) is 0 Å². The topological polar surface area (TPSA) is 67.9 Å². The van der Waals surface area contributed by atoms with Crippen LogP contribution in [0.3, 0.4) is 0 Å². The third-order valence-corrected chi connectivity index (χ3v) is 6.95. The van der Waals surface area contributed by atoms with Crippen molar-refractivity contribution in [3.8, 4) is 5.75 Å². The van der Waals surface area contributed by atoms with Crippen molar-refractivity contribution in [1.29, 1.82) is 0 Å². The SMILES string of the molecule is COc1ccc(C2(CNS(=O)(=O)N3CCCCC3)CCOCC2)cc1. The second-order valence-electron chi connectivity index (χ2n) is 6.91. The van der Waals surface area contributed by atoms with Gasteiger partial charge in [-0.2, -0.15) is 12.7 Å². The molecule has 6 nitrogen and oxygen atoms in total. The van der Waals surface area contributed by atoms with Crippen LogP contribution in [0.4, 0.5) is 0 Å². The lowest BCUT2D eigenvalue weighted by molar-refractivity contribution is 0.0515. The maximum absolute atomic E-state index is 12.7. The third-order valence-electron chi connectivity index (χ3n) is 5.40. The lowest BCUT2D eigenvalue weighted by atomic mass is 9.74. The fourth-order valence-electron chi connectivity index (χ4n) is 3.70. The molecule has 0 atom stereocenters. The Labute approximate surface area is 150 Å². The molecule has 0 saturated carbocycles. The molecule has 1 N–H and O–H groups in total. The maximum Gasteiger partial charge on any atom is 0.279 e. The first-order valence-electron chi connectivity index (χ1n) is 9.03. The van der Waals surface area contributed by atoms with Crippen molar-refractivity contribution >= 4 is 10.2 Å². The quantitative estimate of drug-likeness (QED) is 0.835. The van der Waals surface area contributed by atoms with Gasteiger partial charge in [-0.25, -0.2) is 4.72 Å². The summed E-state index contributed by atoms with van der Waals surface area (Å²) in [6.45, 7) is 2.94. The first-order valence-corrected chi connectivity index (χ1v) is 10.5. The van der Waals surface area contributed by atoms with Crippen LogP contribution >= 0.6 is 0 Å². The summed E-state index contributed by atoms with van der Waals surface area (Å²) in [4.78, 5) is 0. The molecule has 0 bridgehead atoms. The Bertz CT molecular complexity index is 648. The van der Waals surface area contributed by atoms with E-state index < -0.39 is 10.2 Å². The molecule has 2 heterocycles. The molecule has 0 amide bonds. The maximum atomic E-state index is 12.7. The molecular weight excluding hydrogens is 340 g/mol. The van der Waals surface area contributed by atoms with Crippen LogP contribution in [0.15, 0.2) is 24.3 Å². The molecule has 2 aliphatic heterocycles. The van der Waals surface area contributed by atoms with E-state index >= 15 is 0 Å². The van der Waals surface area contributed by atoms with Crippen LogP contribution in [-0.4, -0.2) is 52.7 Å². The molecule has 1 aromatic carbocycles. The summed E-state index contributed by atoms with van der Waals surface area (Å²) in [6.07, 6.45) is 4.61. The van der Waals surface area contributed by atoms with Crippen LogP contribution in [0.5, 0.6) is 5.75 Å². The Hall–Kier alpha value is -1.15. The summed E-state index contributed by atoms with van der Waals surface area (Å²) in [5.74, 6) is 0.805. The summed E-state index contributed by atoms with van der Waals surface area (Å²) >= 11 is 0. The number of nitrogens with zero attached hydrogens (tertiary/aromatic N) is 1. The average Bonchev–Trinajstić information content (AvgIpc) is 2.68.